The van der Waals surface area contributed by atoms with Gasteiger partial charge in [0.15, 0.2) is 5.82 Å². The zero-order chi connectivity index (χ0) is 28.9. The van der Waals surface area contributed by atoms with Gasteiger partial charge in [0.25, 0.3) is 5.91 Å². The van der Waals surface area contributed by atoms with Gasteiger partial charge in [-0.1, -0.05) is 13.3 Å². The first-order valence-corrected chi connectivity index (χ1v) is 14.2. The molecule has 9 nitrogen and oxygen atoms in total. The number of ether oxygens (including phenoxy) is 1. The van der Waals surface area contributed by atoms with Crippen LogP contribution in [0.3, 0.4) is 0 Å². The summed E-state index contributed by atoms with van der Waals surface area (Å²) in [6.07, 6.45) is 1.24. The number of pyridine rings is 1. The number of aryl methyl sites for hydroxylation is 2. The third-order valence-electron chi connectivity index (χ3n) is 7.87. The van der Waals surface area contributed by atoms with Crippen LogP contribution >= 0.6 is 11.9 Å². The Bertz CT molecular complexity index is 1400. The molecular weight excluding hydrogens is 543 g/mol. The second-order valence-electron chi connectivity index (χ2n) is 11.4. The number of carbonyl (C=O) groups is 1. The minimum atomic E-state index is -4.30. The van der Waals surface area contributed by atoms with Crippen molar-refractivity contribution in [3.8, 4) is 11.7 Å². The van der Waals surface area contributed by atoms with E-state index in [1.165, 1.54) is 22.7 Å². The number of carbonyl (C=O) groups excluding carboxylic acids is 1. The highest BCUT2D eigenvalue weighted by atomic mass is 32.2. The molecule has 3 aromatic rings. The summed E-state index contributed by atoms with van der Waals surface area (Å²) in [6.45, 7) is 8.61. The molecule has 2 fully saturated rings. The summed E-state index contributed by atoms with van der Waals surface area (Å²) in [5.74, 6) is 1.23. The van der Waals surface area contributed by atoms with Gasteiger partial charge in [-0.05, 0) is 70.0 Å². The smallest absolute Gasteiger partial charge is 0.397 e. The van der Waals surface area contributed by atoms with Crippen molar-refractivity contribution in [2.75, 3.05) is 18.1 Å². The maximum atomic E-state index is 13.4. The van der Waals surface area contributed by atoms with Gasteiger partial charge in [0.1, 0.15) is 17.8 Å². The zero-order valence-electron chi connectivity index (χ0n) is 23.2. The molecule has 4 heterocycles. The van der Waals surface area contributed by atoms with Crippen molar-refractivity contribution in [3.63, 3.8) is 0 Å². The molecule has 1 N–H and O–H groups in total. The first-order valence-electron chi connectivity index (χ1n) is 13.3. The van der Waals surface area contributed by atoms with Crippen LogP contribution in [0.4, 0.5) is 19.0 Å². The molecule has 0 bridgehead atoms. The SMILES string of the molecule is CCC1CN(c2nc(-n3ccc(OCC4(C(F)(F)F)CC4)n3)ccc2C(=O)NSc2cn(C)nc2C)C(C)(C)C1. The highest BCUT2D eigenvalue weighted by Gasteiger charge is 2.64. The predicted octanol–water partition coefficient (Wildman–Crippen LogP) is 5.48. The molecule has 1 atom stereocenters. The van der Waals surface area contributed by atoms with E-state index in [0.717, 1.165) is 30.0 Å². The van der Waals surface area contributed by atoms with Crippen LogP contribution in [0.5, 0.6) is 5.88 Å². The van der Waals surface area contributed by atoms with Crippen molar-refractivity contribution in [2.24, 2.45) is 18.4 Å². The Balaban J connectivity index is 1.41. The summed E-state index contributed by atoms with van der Waals surface area (Å²) in [5, 5.41) is 8.64. The second-order valence-corrected chi connectivity index (χ2v) is 12.2. The Kier molecular flexibility index (Phi) is 7.30. The van der Waals surface area contributed by atoms with Gasteiger partial charge in [-0.2, -0.15) is 18.3 Å². The lowest BCUT2D eigenvalue weighted by Crippen LogP contribution is -2.40. The minimum Gasteiger partial charge on any atom is -0.476 e. The lowest BCUT2D eigenvalue weighted by Gasteiger charge is -2.34. The molecule has 13 heteroatoms. The van der Waals surface area contributed by atoms with Crippen LogP contribution in [-0.2, 0) is 7.05 Å². The van der Waals surface area contributed by atoms with E-state index in [1.54, 1.807) is 23.0 Å². The highest BCUT2D eigenvalue weighted by Crippen LogP contribution is 2.57. The standard InChI is InChI=1S/C27H34F3N7O2S/c1-6-18-13-25(3,4)36(14-18)23-19(24(38)34-40-20-15-35(5)32-17(20)2)7-8-21(31-23)37-12-9-22(33-37)39-16-26(10-11-26)27(28,29)30/h7-9,12,15,18H,6,10-11,13-14,16H2,1-5H3,(H,34,38). The molecule has 1 amide bonds. The number of halogens is 3. The summed E-state index contributed by atoms with van der Waals surface area (Å²) in [5.41, 5.74) is -0.774. The molecule has 1 saturated heterocycles. The molecular formula is C27H34F3N7O2S. The van der Waals surface area contributed by atoms with Gasteiger partial charge in [-0.15, -0.1) is 5.10 Å². The van der Waals surface area contributed by atoms with E-state index >= 15 is 0 Å². The van der Waals surface area contributed by atoms with Crippen molar-refractivity contribution in [3.05, 3.63) is 41.9 Å². The van der Waals surface area contributed by atoms with Crippen molar-refractivity contribution in [1.82, 2.24) is 29.3 Å². The van der Waals surface area contributed by atoms with Gasteiger partial charge in [-0.25, -0.2) is 9.67 Å². The zero-order valence-corrected chi connectivity index (χ0v) is 24.1. The third-order valence-corrected chi connectivity index (χ3v) is 8.78. The summed E-state index contributed by atoms with van der Waals surface area (Å²) in [4.78, 5) is 21.3. The number of aromatic nitrogens is 5. The van der Waals surface area contributed by atoms with Gasteiger partial charge in [0, 0.05) is 37.6 Å². The summed E-state index contributed by atoms with van der Waals surface area (Å²) >= 11 is 1.20. The molecule has 0 radical (unpaired) electrons. The number of anilines is 1. The molecule has 1 aliphatic heterocycles. The largest absolute Gasteiger partial charge is 0.476 e. The van der Waals surface area contributed by atoms with E-state index < -0.39 is 18.2 Å². The number of nitrogens with one attached hydrogen (secondary N) is 1. The Morgan fingerprint density at radius 1 is 1.23 bits per heavy atom. The Hall–Kier alpha value is -3.22. The molecule has 3 aromatic heterocycles. The van der Waals surface area contributed by atoms with Gasteiger partial charge >= 0.3 is 6.18 Å². The van der Waals surface area contributed by atoms with E-state index in [9.17, 15) is 18.0 Å². The fraction of sp³-hybridized carbons (Fsp3) is 0.556. The molecule has 1 saturated carbocycles. The fourth-order valence-corrected chi connectivity index (χ4v) is 5.91. The normalized spacial score (nSPS) is 19.6. The van der Waals surface area contributed by atoms with E-state index in [1.807, 2.05) is 20.2 Å². The van der Waals surface area contributed by atoms with Crippen LogP contribution in [0.25, 0.3) is 5.82 Å². The van der Waals surface area contributed by atoms with E-state index in [2.05, 4.69) is 40.6 Å². The van der Waals surface area contributed by atoms with Crippen molar-refractivity contribution in [1.29, 1.82) is 0 Å². The molecule has 5 rings (SSSR count). The van der Waals surface area contributed by atoms with Crippen molar-refractivity contribution >= 4 is 23.7 Å². The Morgan fingerprint density at radius 2 is 1.98 bits per heavy atom. The molecule has 1 aliphatic carbocycles. The lowest BCUT2D eigenvalue weighted by atomic mass is 9.95. The van der Waals surface area contributed by atoms with E-state index in [0.29, 0.717) is 23.1 Å². The number of alkyl halides is 3. The molecule has 0 spiro atoms. The predicted molar refractivity (Wildman–Crippen MR) is 146 cm³/mol. The van der Waals surface area contributed by atoms with Gasteiger partial charge in [0.05, 0.1) is 16.2 Å². The van der Waals surface area contributed by atoms with Crippen molar-refractivity contribution < 1.29 is 22.7 Å². The molecule has 0 aromatic carbocycles. The molecule has 2 aliphatic rings. The maximum Gasteiger partial charge on any atom is 0.397 e. The van der Waals surface area contributed by atoms with Gasteiger partial charge in [-0.3, -0.25) is 14.2 Å². The van der Waals surface area contributed by atoms with Crippen LogP contribution < -0.4 is 14.4 Å². The molecule has 40 heavy (non-hydrogen) atoms. The van der Waals surface area contributed by atoms with Crippen LogP contribution in [0.15, 0.2) is 35.5 Å². The van der Waals surface area contributed by atoms with E-state index in [-0.39, 0.29) is 30.2 Å². The summed E-state index contributed by atoms with van der Waals surface area (Å²) in [6, 6.07) is 4.91. The van der Waals surface area contributed by atoms with Gasteiger partial charge < -0.3 is 9.64 Å². The topological polar surface area (TPSA) is 90.1 Å². The van der Waals surface area contributed by atoms with Crippen LogP contribution in [0.2, 0.25) is 0 Å². The number of hydrogen-bond acceptors (Lipinski definition) is 7. The first-order chi connectivity index (χ1) is 18.8. The first kappa shape index (κ1) is 28.3. The van der Waals surface area contributed by atoms with Crippen molar-refractivity contribution in [2.45, 2.75) is 70.0 Å². The van der Waals surface area contributed by atoms with E-state index in [4.69, 9.17) is 9.72 Å². The number of rotatable bonds is 9. The monoisotopic (exact) mass is 577 g/mol. The minimum absolute atomic E-state index is 0.0642. The lowest BCUT2D eigenvalue weighted by molar-refractivity contribution is -0.194. The fourth-order valence-electron chi connectivity index (χ4n) is 5.20. The third kappa shape index (κ3) is 5.52. The maximum absolute atomic E-state index is 13.4. The summed E-state index contributed by atoms with van der Waals surface area (Å²) < 4.78 is 51.4. The number of amides is 1. The number of nitrogens with zero attached hydrogens (tertiary/aromatic N) is 6. The summed E-state index contributed by atoms with van der Waals surface area (Å²) in [7, 11) is 1.82. The highest BCUT2D eigenvalue weighted by molar-refractivity contribution is 7.98. The second kappa shape index (κ2) is 10.3. The molecule has 216 valence electrons. The number of hydrogen-bond donors (Lipinski definition) is 1. The average Bonchev–Trinajstić information content (AvgIpc) is 3.27. The quantitative estimate of drug-likeness (QED) is 0.337. The Labute approximate surface area is 235 Å². The van der Waals surface area contributed by atoms with Gasteiger partial charge in [0.2, 0.25) is 5.88 Å². The van der Waals surface area contributed by atoms with Crippen LogP contribution in [-0.4, -0.2) is 55.3 Å². The van der Waals surface area contributed by atoms with Crippen LogP contribution in [0, 0.1) is 18.3 Å². The Morgan fingerprint density at radius 3 is 2.58 bits per heavy atom. The van der Waals surface area contributed by atoms with Crippen LogP contribution in [0.1, 0.15) is 62.5 Å². The average molecular weight is 578 g/mol. The molecule has 1 unspecified atom stereocenters.